The van der Waals surface area contributed by atoms with Gasteiger partial charge in [-0.15, -0.1) is 16.6 Å². The number of rotatable bonds is 6. The van der Waals surface area contributed by atoms with E-state index in [4.69, 9.17) is 18.0 Å². The molecule has 5 nitrogen and oxygen atoms in total. The molecule has 0 aliphatic rings. The first-order valence-electron chi connectivity index (χ1n) is 8.52. The van der Waals surface area contributed by atoms with Gasteiger partial charge in [0.05, 0.1) is 28.6 Å². The van der Waals surface area contributed by atoms with Crippen LogP contribution in [0.3, 0.4) is 0 Å². The van der Waals surface area contributed by atoms with Crippen LogP contribution in [-0.2, 0) is 11.0 Å². The number of halogens is 4. The second-order valence-electron chi connectivity index (χ2n) is 5.94. The van der Waals surface area contributed by atoms with E-state index in [2.05, 4.69) is 21.4 Å². The summed E-state index contributed by atoms with van der Waals surface area (Å²) >= 11 is 7.28. The Bertz CT molecular complexity index is 1110. The lowest BCUT2D eigenvalue weighted by Crippen LogP contribution is -2.25. The number of thioether (sulfide) groups is 1. The first kappa shape index (κ1) is 21.7. The second kappa shape index (κ2) is 9.24. The largest absolute Gasteiger partial charge is 0.416 e. The number of aromatic nitrogens is 3. The van der Waals surface area contributed by atoms with Gasteiger partial charge in [-0.2, -0.15) is 13.2 Å². The van der Waals surface area contributed by atoms with Crippen molar-refractivity contribution in [3.63, 3.8) is 0 Å². The molecule has 0 radical (unpaired) electrons. The molecule has 0 fully saturated rings. The topological polar surface area (TPSA) is 59.8 Å². The standard InChI is InChI=1S/C20H14ClF3N4OS/c1-2-10-25-17(29)12-30-19-27-26-18(15-8-3-4-9-16(15)21)28(19)14-7-5-6-13(11-14)20(22,23)24/h1,3-9,11H,10,12H2,(H,25,29). The molecule has 3 rings (SSSR count). The van der Waals surface area contributed by atoms with Crippen molar-refractivity contribution in [3.05, 3.63) is 59.1 Å². The molecule has 0 atom stereocenters. The average molecular weight is 451 g/mol. The first-order chi connectivity index (χ1) is 14.3. The lowest BCUT2D eigenvalue weighted by Gasteiger charge is -2.13. The molecule has 10 heteroatoms. The highest BCUT2D eigenvalue weighted by Crippen LogP contribution is 2.34. The van der Waals surface area contributed by atoms with E-state index in [1.807, 2.05) is 0 Å². The molecule has 154 valence electrons. The Morgan fingerprint density at radius 3 is 2.67 bits per heavy atom. The zero-order valence-electron chi connectivity index (χ0n) is 15.3. The molecule has 3 aromatic rings. The van der Waals surface area contributed by atoms with Gasteiger partial charge in [-0.1, -0.05) is 47.5 Å². The normalized spacial score (nSPS) is 11.2. The fourth-order valence-electron chi connectivity index (χ4n) is 2.57. The van der Waals surface area contributed by atoms with Gasteiger partial charge in [0, 0.05) is 5.56 Å². The fraction of sp³-hybridized carbons (Fsp3) is 0.150. The third-order valence-corrected chi connectivity index (χ3v) is 5.16. The van der Waals surface area contributed by atoms with Gasteiger partial charge in [0.25, 0.3) is 0 Å². The van der Waals surface area contributed by atoms with Crippen LogP contribution in [-0.4, -0.2) is 33.0 Å². The van der Waals surface area contributed by atoms with Crippen molar-refractivity contribution in [2.45, 2.75) is 11.3 Å². The summed E-state index contributed by atoms with van der Waals surface area (Å²) in [6.07, 6.45) is 0.596. The molecule has 1 amide bonds. The lowest BCUT2D eigenvalue weighted by molar-refractivity contribution is -0.137. The van der Waals surface area contributed by atoms with Crippen molar-refractivity contribution in [1.29, 1.82) is 0 Å². The van der Waals surface area contributed by atoms with Crippen molar-refractivity contribution in [2.75, 3.05) is 12.3 Å². The lowest BCUT2D eigenvalue weighted by atomic mass is 10.1. The van der Waals surface area contributed by atoms with Crippen molar-refractivity contribution >= 4 is 29.3 Å². The summed E-state index contributed by atoms with van der Waals surface area (Å²) in [6, 6.07) is 11.5. The first-order valence-corrected chi connectivity index (χ1v) is 9.88. The minimum atomic E-state index is -4.52. The molecule has 2 aromatic carbocycles. The van der Waals surface area contributed by atoms with Gasteiger partial charge in [0.15, 0.2) is 11.0 Å². The van der Waals surface area contributed by atoms with Gasteiger partial charge in [-0.3, -0.25) is 9.36 Å². The van der Waals surface area contributed by atoms with Crippen molar-refractivity contribution in [3.8, 4) is 29.4 Å². The van der Waals surface area contributed by atoms with E-state index < -0.39 is 11.7 Å². The van der Waals surface area contributed by atoms with Crippen LogP contribution in [0, 0.1) is 12.3 Å². The molecule has 0 spiro atoms. The highest BCUT2D eigenvalue weighted by Gasteiger charge is 2.31. The summed E-state index contributed by atoms with van der Waals surface area (Å²) in [4.78, 5) is 11.9. The van der Waals surface area contributed by atoms with Gasteiger partial charge in [-0.05, 0) is 30.3 Å². The van der Waals surface area contributed by atoms with Crippen LogP contribution in [0.15, 0.2) is 53.7 Å². The van der Waals surface area contributed by atoms with Gasteiger partial charge in [0.2, 0.25) is 5.91 Å². The van der Waals surface area contributed by atoms with Crippen LogP contribution in [0.4, 0.5) is 13.2 Å². The quantitative estimate of drug-likeness (QED) is 0.445. The van der Waals surface area contributed by atoms with E-state index in [0.29, 0.717) is 10.6 Å². The molecule has 1 aromatic heterocycles. The third kappa shape index (κ3) is 4.96. The minimum Gasteiger partial charge on any atom is -0.344 e. The number of terminal acetylenes is 1. The predicted octanol–water partition coefficient (Wildman–Crippen LogP) is 4.45. The SMILES string of the molecule is C#CCNC(=O)CSc1nnc(-c2ccccc2Cl)n1-c1cccc(C(F)(F)F)c1. The Balaban J connectivity index is 2.06. The van der Waals surface area contributed by atoms with Crippen LogP contribution in [0.25, 0.3) is 17.1 Å². The minimum absolute atomic E-state index is 0.0404. The zero-order chi connectivity index (χ0) is 21.7. The molecule has 30 heavy (non-hydrogen) atoms. The number of nitrogens with one attached hydrogen (secondary N) is 1. The Morgan fingerprint density at radius 1 is 1.20 bits per heavy atom. The third-order valence-electron chi connectivity index (χ3n) is 3.90. The van der Waals surface area contributed by atoms with Crippen molar-refractivity contribution in [2.24, 2.45) is 0 Å². The molecule has 0 aliphatic heterocycles. The van der Waals surface area contributed by atoms with E-state index in [1.54, 1.807) is 24.3 Å². The number of amides is 1. The molecule has 0 saturated heterocycles. The number of hydrogen-bond acceptors (Lipinski definition) is 4. The average Bonchev–Trinajstić information content (AvgIpc) is 3.14. The summed E-state index contributed by atoms with van der Waals surface area (Å²) in [5.41, 5.74) is -0.134. The molecule has 0 bridgehead atoms. The number of nitrogens with zero attached hydrogens (tertiary/aromatic N) is 3. The number of carbonyl (C=O) groups is 1. The van der Waals surface area contributed by atoms with Crippen molar-refractivity contribution < 1.29 is 18.0 Å². The Kier molecular flexibility index (Phi) is 6.70. The van der Waals surface area contributed by atoms with Crippen LogP contribution < -0.4 is 5.32 Å². The molecule has 0 unspecified atom stereocenters. The second-order valence-corrected chi connectivity index (χ2v) is 7.29. The Morgan fingerprint density at radius 2 is 1.97 bits per heavy atom. The highest BCUT2D eigenvalue weighted by atomic mass is 35.5. The van der Waals surface area contributed by atoms with Gasteiger partial charge < -0.3 is 5.32 Å². The maximum Gasteiger partial charge on any atom is 0.416 e. The maximum absolute atomic E-state index is 13.2. The van der Waals surface area contributed by atoms with Gasteiger partial charge in [0.1, 0.15) is 0 Å². The molecule has 1 N–H and O–H groups in total. The number of benzene rings is 2. The summed E-state index contributed by atoms with van der Waals surface area (Å²) in [6.45, 7) is 0.0740. The number of carbonyl (C=O) groups excluding carboxylic acids is 1. The van der Waals surface area contributed by atoms with Crippen LogP contribution in [0.2, 0.25) is 5.02 Å². The van der Waals surface area contributed by atoms with E-state index in [9.17, 15) is 18.0 Å². The smallest absolute Gasteiger partial charge is 0.344 e. The van der Waals surface area contributed by atoms with Crippen LogP contribution in [0.5, 0.6) is 0 Å². The molecule has 0 saturated carbocycles. The summed E-state index contributed by atoms with van der Waals surface area (Å²) < 4.78 is 41.1. The Hall–Kier alpha value is -2.96. The van der Waals surface area contributed by atoms with Crippen LogP contribution in [0.1, 0.15) is 5.56 Å². The summed E-state index contributed by atoms with van der Waals surface area (Å²) in [5, 5.41) is 11.3. The summed E-state index contributed by atoms with van der Waals surface area (Å²) in [5.74, 6) is 2.17. The molecular formula is C20H14ClF3N4OS. The molecular weight excluding hydrogens is 437 g/mol. The number of hydrogen-bond donors (Lipinski definition) is 1. The zero-order valence-corrected chi connectivity index (χ0v) is 16.9. The monoisotopic (exact) mass is 450 g/mol. The highest BCUT2D eigenvalue weighted by molar-refractivity contribution is 7.99. The van der Waals surface area contributed by atoms with Crippen molar-refractivity contribution in [1.82, 2.24) is 20.1 Å². The summed E-state index contributed by atoms with van der Waals surface area (Å²) in [7, 11) is 0. The molecule has 0 aliphatic carbocycles. The van der Waals surface area contributed by atoms with E-state index in [0.717, 1.165) is 23.9 Å². The fourth-order valence-corrected chi connectivity index (χ4v) is 3.57. The maximum atomic E-state index is 13.2. The predicted molar refractivity (Wildman–Crippen MR) is 109 cm³/mol. The Labute approximate surface area is 179 Å². The van der Waals surface area contributed by atoms with E-state index >= 15 is 0 Å². The number of alkyl halides is 3. The van der Waals surface area contributed by atoms with Gasteiger partial charge in [-0.25, -0.2) is 0 Å². The van der Waals surface area contributed by atoms with E-state index in [-0.39, 0.29) is 34.9 Å². The van der Waals surface area contributed by atoms with Crippen LogP contribution >= 0.6 is 23.4 Å². The molecule has 1 heterocycles. The van der Waals surface area contributed by atoms with Gasteiger partial charge >= 0.3 is 6.18 Å². The van der Waals surface area contributed by atoms with E-state index in [1.165, 1.54) is 16.7 Å².